The van der Waals surface area contributed by atoms with Gasteiger partial charge in [0, 0.05) is 25.1 Å². The van der Waals surface area contributed by atoms with Gasteiger partial charge in [-0.05, 0) is 91.0 Å². The molecule has 0 radical (unpaired) electrons. The minimum atomic E-state index is -0.369. The molecule has 2 amide bonds. The van der Waals surface area contributed by atoms with Gasteiger partial charge < -0.3 is 15.2 Å². The van der Waals surface area contributed by atoms with E-state index >= 15 is 4.39 Å². The molecule has 3 atom stereocenters. The Morgan fingerprint density at radius 1 is 1.05 bits per heavy atom. The Kier molecular flexibility index (Phi) is 5.41. The summed E-state index contributed by atoms with van der Waals surface area (Å²) in [7, 11) is 1.88. The molecule has 3 aromatic carbocycles. The lowest BCUT2D eigenvalue weighted by molar-refractivity contribution is -0.119. The fraction of sp³-hybridized carbons (Fsp3) is 0.344. The maximum absolute atomic E-state index is 15.4. The van der Waals surface area contributed by atoms with Crippen LogP contribution < -0.4 is 5.73 Å². The second-order valence-corrected chi connectivity index (χ2v) is 11.4. The molecule has 1 aromatic heterocycles. The van der Waals surface area contributed by atoms with Crippen LogP contribution in [0.25, 0.3) is 22.4 Å². The number of nitrogens with two attached hydrogens (primary N) is 1. The molecule has 6 nitrogen and oxygen atoms in total. The number of hydrogen-bond donors (Lipinski definition) is 1. The number of fused-ring (bicyclic) bond motifs is 2. The van der Waals surface area contributed by atoms with Crippen molar-refractivity contribution in [2.24, 2.45) is 18.7 Å². The highest BCUT2D eigenvalue weighted by Gasteiger charge is 2.43. The topological polar surface area (TPSA) is 81.2 Å². The molecule has 198 valence electrons. The van der Waals surface area contributed by atoms with Gasteiger partial charge in [-0.3, -0.25) is 9.59 Å². The van der Waals surface area contributed by atoms with Crippen LogP contribution in [0.2, 0.25) is 0 Å². The van der Waals surface area contributed by atoms with Crippen LogP contribution in [0.3, 0.4) is 0 Å². The molecule has 0 spiro atoms. The minimum Gasteiger partial charge on any atom is -0.369 e. The first-order chi connectivity index (χ1) is 18.8. The summed E-state index contributed by atoms with van der Waals surface area (Å²) in [6, 6.07) is 17.4. The van der Waals surface area contributed by atoms with Crippen molar-refractivity contribution < 1.29 is 14.0 Å². The summed E-state index contributed by atoms with van der Waals surface area (Å²) < 4.78 is 17.3. The Balaban J connectivity index is 1.27. The number of carbonyl (C=O) groups is 2. The van der Waals surface area contributed by atoms with Crippen molar-refractivity contribution in [3.63, 3.8) is 0 Å². The van der Waals surface area contributed by atoms with Gasteiger partial charge in [0.15, 0.2) is 0 Å². The zero-order valence-electron chi connectivity index (χ0n) is 22.2. The highest BCUT2D eigenvalue weighted by atomic mass is 19.1. The van der Waals surface area contributed by atoms with Gasteiger partial charge in [-0.2, -0.15) is 0 Å². The highest BCUT2D eigenvalue weighted by molar-refractivity contribution is 5.99. The number of imidazole rings is 1. The summed E-state index contributed by atoms with van der Waals surface area (Å²) in [6.45, 7) is 2.78. The first kappa shape index (κ1) is 24.1. The number of benzene rings is 3. The first-order valence-electron chi connectivity index (χ1n) is 13.8. The Labute approximate surface area is 226 Å². The van der Waals surface area contributed by atoms with Crippen LogP contribution in [0.4, 0.5) is 4.39 Å². The van der Waals surface area contributed by atoms with E-state index in [4.69, 9.17) is 10.7 Å². The quantitative estimate of drug-likeness (QED) is 0.370. The van der Waals surface area contributed by atoms with Gasteiger partial charge in [0.05, 0.1) is 22.6 Å². The third kappa shape index (κ3) is 3.94. The lowest BCUT2D eigenvalue weighted by Gasteiger charge is -2.35. The average molecular weight is 523 g/mol. The van der Waals surface area contributed by atoms with Crippen molar-refractivity contribution in [2.45, 2.75) is 50.5 Å². The van der Waals surface area contributed by atoms with Crippen LogP contribution in [0.15, 0.2) is 54.6 Å². The summed E-state index contributed by atoms with van der Waals surface area (Å²) in [4.78, 5) is 32.3. The molecule has 2 saturated carbocycles. The maximum Gasteiger partial charge on any atom is 0.254 e. The van der Waals surface area contributed by atoms with E-state index < -0.39 is 0 Å². The van der Waals surface area contributed by atoms with Crippen LogP contribution in [-0.4, -0.2) is 32.8 Å². The molecule has 39 heavy (non-hydrogen) atoms. The zero-order chi connectivity index (χ0) is 27.0. The van der Waals surface area contributed by atoms with Crippen molar-refractivity contribution >= 4 is 22.8 Å². The Morgan fingerprint density at radius 3 is 2.56 bits per heavy atom. The number of halogens is 1. The van der Waals surface area contributed by atoms with Crippen molar-refractivity contribution in [1.82, 2.24) is 14.5 Å². The van der Waals surface area contributed by atoms with E-state index in [0.717, 1.165) is 41.4 Å². The third-order valence-corrected chi connectivity index (χ3v) is 8.95. The molecule has 2 aliphatic carbocycles. The minimum absolute atomic E-state index is 0.00198. The number of aryl methyl sites for hydroxylation is 1. The van der Waals surface area contributed by atoms with E-state index in [1.54, 1.807) is 6.07 Å². The Hall–Kier alpha value is -4.00. The molecule has 3 aliphatic rings. The summed E-state index contributed by atoms with van der Waals surface area (Å²) in [6.07, 6.45) is 3.65. The molecule has 0 bridgehead atoms. The summed E-state index contributed by atoms with van der Waals surface area (Å²) in [5, 5.41) is 0. The van der Waals surface area contributed by atoms with Gasteiger partial charge in [0.1, 0.15) is 11.6 Å². The second-order valence-electron chi connectivity index (χ2n) is 11.4. The molecule has 7 rings (SSSR count). The fourth-order valence-corrected chi connectivity index (χ4v) is 6.42. The average Bonchev–Trinajstić information content (AvgIpc) is 3.86. The molecule has 2 N–H and O–H groups in total. The summed E-state index contributed by atoms with van der Waals surface area (Å²) >= 11 is 0. The number of rotatable bonds is 5. The fourth-order valence-electron chi connectivity index (χ4n) is 6.42. The molecule has 4 aromatic rings. The van der Waals surface area contributed by atoms with Crippen molar-refractivity contribution in [3.8, 4) is 11.4 Å². The zero-order valence-corrected chi connectivity index (χ0v) is 22.2. The highest BCUT2D eigenvalue weighted by Crippen LogP contribution is 2.48. The number of nitrogens with zero attached hydrogens (tertiary/aromatic N) is 3. The normalized spacial score (nSPS) is 22.1. The molecule has 1 aliphatic heterocycles. The van der Waals surface area contributed by atoms with E-state index in [1.807, 2.05) is 40.8 Å². The standard InChI is InChI=1S/C32H31FN4O2/c1-17-22-6-4-3-5-18(22)11-12-37(17)32(39)21-13-25(19-7-8-19)29-28(15-21)36(2)31(35-29)23-10-9-20(14-27(23)33)24-16-26(24)30(34)38/h3-6,9-10,13-15,17,19,24,26H,7-8,11-12,16H2,1-2H3,(H2,34,38)/t17-,24-,26-/m1/s1. The van der Waals surface area contributed by atoms with Gasteiger partial charge in [0.25, 0.3) is 5.91 Å². The monoisotopic (exact) mass is 522 g/mol. The summed E-state index contributed by atoms with van der Waals surface area (Å²) in [5.41, 5.74) is 12.5. The molecular weight excluding hydrogens is 491 g/mol. The van der Waals surface area contributed by atoms with Crippen LogP contribution in [-0.2, 0) is 18.3 Å². The Morgan fingerprint density at radius 2 is 1.85 bits per heavy atom. The van der Waals surface area contributed by atoms with E-state index in [9.17, 15) is 9.59 Å². The Bertz CT molecular complexity index is 1670. The van der Waals surface area contributed by atoms with E-state index in [1.165, 1.54) is 17.2 Å². The van der Waals surface area contributed by atoms with Gasteiger partial charge in [0.2, 0.25) is 5.91 Å². The second kappa shape index (κ2) is 8.76. The van der Waals surface area contributed by atoms with Gasteiger partial charge in [-0.1, -0.05) is 30.3 Å². The van der Waals surface area contributed by atoms with Crippen LogP contribution >= 0.6 is 0 Å². The largest absolute Gasteiger partial charge is 0.369 e. The lowest BCUT2D eigenvalue weighted by Crippen LogP contribution is -2.38. The van der Waals surface area contributed by atoms with Gasteiger partial charge >= 0.3 is 0 Å². The third-order valence-electron chi connectivity index (χ3n) is 8.95. The summed E-state index contributed by atoms with van der Waals surface area (Å²) in [5.74, 6) is 0.00260. The van der Waals surface area contributed by atoms with E-state index in [0.29, 0.717) is 35.8 Å². The number of primary amides is 1. The molecule has 0 saturated heterocycles. The predicted octanol–water partition coefficient (Wildman–Crippen LogP) is 5.61. The maximum atomic E-state index is 15.4. The van der Waals surface area contributed by atoms with Crippen LogP contribution in [0, 0.1) is 11.7 Å². The number of aromatic nitrogens is 2. The van der Waals surface area contributed by atoms with Crippen LogP contribution in [0.5, 0.6) is 0 Å². The molecule has 7 heteroatoms. The van der Waals surface area contributed by atoms with Crippen molar-refractivity contribution in [1.29, 1.82) is 0 Å². The predicted molar refractivity (Wildman–Crippen MR) is 148 cm³/mol. The van der Waals surface area contributed by atoms with Crippen LogP contribution in [0.1, 0.15) is 76.7 Å². The van der Waals surface area contributed by atoms with Crippen molar-refractivity contribution in [2.75, 3.05) is 6.54 Å². The molecule has 2 fully saturated rings. The lowest BCUT2D eigenvalue weighted by atomic mass is 9.92. The molecular formula is C32H31FN4O2. The molecule has 2 heterocycles. The van der Waals surface area contributed by atoms with Crippen molar-refractivity contribution in [3.05, 3.63) is 88.2 Å². The number of carbonyl (C=O) groups excluding carboxylic acids is 2. The SMILES string of the molecule is C[C@@H]1c2ccccc2CCN1C(=O)c1cc(C2CC2)c2nc(-c3ccc([C@H]4C[C@H]4C(N)=O)cc3F)n(C)c2c1. The van der Waals surface area contributed by atoms with E-state index in [2.05, 4.69) is 25.1 Å². The molecule has 0 unspecified atom stereocenters. The number of amides is 2. The van der Waals surface area contributed by atoms with Gasteiger partial charge in [-0.15, -0.1) is 0 Å². The van der Waals surface area contributed by atoms with E-state index in [-0.39, 0.29) is 35.5 Å². The smallest absolute Gasteiger partial charge is 0.254 e. The first-order valence-corrected chi connectivity index (χ1v) is 13.8. The number of hydrogen-bond acceptors (Lipinski definition) is 3. The van der Waals surface area contributed by atoms with Gasteiger partial charge in [-0.25, -0.2) is 9.37 Å².